The first-order valence-corrected chi connectivity index (χ1v) is 10.6. The van der Waals surface area contributed by atoms with Crippen LogP contribution in [0.5, 0.6) is 0 Å². The van der Waals surface area contributed by atoms with Crippen molar-refractivity contribution in [2.24, 2.45) is 23.7 Å². The smallest absolute Gasteiger partial charge is 0.227 e. The summed E-state index contributed by atoms with van der Waals surface area (Å²) in [4.78, 5) is 12.6. The maximum absolute atomic E-state index is 14.8. The quantitative estimate of drug-likeness (QED) is 0.439. The van der Waals surface area contributed by atoms with E-state index in [1.165, 1.54) is 31.8 Å². The van der Waals surface area contributed by atoms with Crippen LogP contribution in [0, 0.1) is 23.7 Å². The van der Waals surface area contributed by atoms with Gasteiger partial charge in [0.05, 0.1) is 5.92 Å². The lowest BCUT2D eigenvalue weighted by atomic mass is 9.83. The van der Waals surface area contributed by atoms with Gasteiger partial charge in [-0.1, -0.05) is 63.6 Å². The Morgan fingerprint density at radius 1 is 1.14 bits per heavy atom. The van der Waals surface area contributed by atoms with Gasteiger partial charge in [-0.2, -0.15) is 0 Å². The van der Waals surface area contributed by atoms with Crippen LogP contribution in [0.15, 0.2) is 60.0 Å². The van der Waals surface area contributed by atoms with Crippen LogP contribution < -0.4 is 5.32 Å². The fourth-order valence-electron chi connectivity index (χ4n) is 3.66. The Morgan fingerprint density at radius 3 is 2.32 bits per heavy atom. The molecule has 1 rings (SSSR count). The van der Waals surface area contributed by atoms with E-state index in [0.717, 1.165) is 18.0 Å². The van der Waals surface area contributed by atoms with Gasteiger partial charge in [-0.3, -0.25) is 4.79 Å². The molecule has 0 bridgehead atoms. The maximum Gasteiger partial charge on any atom is 0.227 e. The highest BCUT2D eigenvalue weighted by Crippen LogP contribution is 2.28. The second kappa shape index (κ2) is 12.5. The summed E-state index contributed by atoms with van der Waals surface area (Å²) in [6.07, 6.45) is 15.4. The van der Waals surface area contributed by atoms with Crippen LogP contribution >= 0.6 is 0 Å². The molecule has 1 saturated carbocycles. The number of hydrogen-bond donors (Lipinski definition) is 1. The standard InChI is InChI=1S/C25H38FNO/c1-7-10-23(11-8-2)19(5)24(26)16-22(9-3)20(6)25(28)27-17-21-14-12-18(4)13-15-21/h7-11,16,18-21H,1,12-15,17H2,2-6H3,(H,27,28)/b11-8-,22-9+,23-10+,24-16+/t18?,19?,20-,21?/m0/s1. The van der Waals surface area contributed by atoms with Crippen LogP contribution in [0.2, 0.25) is 0 Å². The Labute approximate surface area is 171 Å². The summed E-state index contributed by atoms with van der Waals surface area (Å²) in [6.45, 7) is 14.1. The molecule has 1 aliphatic rings. The minimum Gasteiger partial charge on any atom is -0.355 e. The minimum absolute atomic E-state index is 0.0289. The van der Waals surface area contributed by atoms with Crippen molar-refractivity contribution in [2.75, 3.05) is 6.54 Å². The van der Waals surface area contributed by atoms with Gasteiger partial charge in [0.25, 0.3) is 0 Å². The summed E-state index contributed by atoms with van der Waals surface area (Å²) in [5.41, 5.74) is 1.56. The molecule has 1 fully saturated rings. The van der Waals surface area contributed by atoms with E-state index in [-0.39, 0.29) is 23.6 Å². The van der Waals surface area contributed by atoms with Crippen LogP contribution in [0.4, 0.5) is 4.39 Å². The fourth-order valence-corrected chi connectivity index (χ4v) is 3.66. The summed E-state index contributed by atoms with van der Waals surface area (Å²) >= 11 is 0. The predicted molar refractivity (Wildman–Crippen MR) is 119 cm³/mol. The molecule has 0 aromatic rings. The van der Waals surface area contributed by atoms with Gasteiger partial charge in [-0.05, 0) is 62.7 Å². The molecule has 2 nitrogen and oxygen atoms in total. The molecule has 0 aromatic heterocycles. The van der Waals surface area contributed by atoms with Gasteiger partial charge in [0.1, 0.15) is 5.83 Å². The molecule has 2 atom stereocenters. The molecule has 1 aliphatic carbocycles. The fraction of sp³-hybridized carbons (Fsp3) is 0.560. The first-order valence-electron chi connectivity index (χ1n) is 10.6. The van der Waals surface area contributed by atoms with Crippen molar-refractivity contribution in [3.8, 4) is 0 Å². The monoisotopic (exact) mass is 387 g/mol. The van der Waals surface area contributed by atoms with Crippen molar-refractivity contribution in [3.63, 3.8) is 0 Å². The Bertz CT molecular complexity index is 633. The van der Waals surface area contributed by atoms with Crippen molar-refractivity contribution in [3.05, 3.63) is 60.0 Å². The van der Waals surface area contributed by atoms with Gasteiger partial charge in [0, 0.05) is 12.5 Å². The summed E-state index contributed by atoms with van der Waals surface area (Å²) in [5, 5.41) is 3.08. The first kappa shape index (κ1) is 24.1. The lowest BCUT2D eigenvalue weighted by Crippen LogP contribution is -2.35. The SMILES string of the molecule is C=C/C=C(\C=C/C)C(C)/C(F)=C\C(=C/C)[C@H](C)C(=O)NCC1CCC(C)CC1. The Morgan fingerprint density at radius 2 is 1.79 bits per heavy atom. The molecule has 0 aromatic carbocycles. The summed E-state index contributed by atoms with van der Waals surface area (Å²) in [7, 11) is 0. The molecule has 3 heteroatoms. The van der Waals surface area contributed by atoms with Gasteiger partial charge in [-0.25, -0.2) is 4.39 Å². The molecular formula is C25H38FNO. The van der Waals surface area contributed by atoms with Gasteiger partial charge in [-0.15, -0.1) is 0 Å². The molecule has 0 spiro atoms. The van der Waals surface area contributed by atoms with Gasteiger partial charge >= 0.3 is 0 Å². The van der Waals surface area contributed by atoms with Crippen LogP contribution in [0.1, 0.15) is 60.3 Å². The predicted octanol–water partition coefficient (Wildman–Crippen LogP) is 6.69. The topological polar surface area (TPSA) is 29.1 Å². The highest BCUT2D eigenvalue weighted by atomic mass is 19.1. The third-order valence-corrected chi connectivity index (χ3v) is 5.81. The number of amides is 1. The number of rotatable bonds is 9. The molecule has 1 N–H and O–H groups in total. The largest absolute Gasteiger partial charge is 0.355 e. The molecule has 0 saturated heterocycles. The molecule has 0 heterocycles. The van der Waals surface area contributed by atoms with E-state index < -0.39 is 0 Å². The number of hydrogen-bond acceptors (Lipinski definition) is 1. The van der Waals surface area contributed by atoms with Crippen LogP contribution in [0.3, 0.4) is 0 Å². The van der Waals surface area contributed by atoms with Crippen molar-refractivity contribution in [2.45, 2.75) is 60.3 Å². The molecular weight excluding hydrogens is 349 g/mol. The molecule has 0 radical (unpaired) electrons. The van der Waals surface area contributed by atoms with E-state index in [2.05, 4.69) is 18.8 Å². The molecule has 156 valence electrons. The number of carbonyl (C=O) groups is 1. The third kappa shape index (κ3) is 7.61. The molecule has 0 aliphatic heterocycles. The summed E-state index contributed by atoms with van der Waals surface area (Å²) in [5.74, 6) is 0.334. The Kier molecular flexibility index (Phi) is 10.8. The molecule has 28 heavy (non-hydrogen) atoms. The van der Waals surface area contributed by atoms with Crippen molar-refractivity contribution < 1.29 is 9.18 Å². The van der Waals surface area contributed by atoms with E-state index in [4.69, 9.17) is 0 Å². The normalized spacial score (nSPS) is 24.1. The average Bonchev–Trinajstić information content (AvgIpc) is 2.69. The van der Waals surface area contributed by atoms with Crippen molar-refractivity contribution in [1.29, 1.82) is 0 Å². The lowest BCUT2D eigenvalue weighted by molar-refractivity contribution is -0.123. The number of allylic oxidation sites excluding steroid dienone is 8. The second-order valence-electron chi connectivity index (χ2n) is 8.03. The van der Waals surface area contributed by atoms with Crippen LogP contribution in [0.25, 0.3) is 0 Å². The lowest BCUT2D eigenvalue weighted by Gasteiger charge is -2.26. The van der Waals surface area contributed by atoms with Crippen LogP contribution in [-0.2, 0) is 4.79 Å². The zero-order valence-corrected chi connectivity index (χ0v) is 18.3. The van der Waals surface area contributed by atoms with Crippen LogP contribution in [-0.4, -0.2) is 12.5 Å². The van der Waals surface area contributed by atoms with E-state index >= 15 is 0 Å². The summed E-state index contributed by atoms with van der Waals surface area (Å²) < 4.78 is 14.8. The van der Waals surface area contributed by atoms with Crippen molar-refractivity contribution in [1.82, 2.24) is 5.32 Å². The zero-order valence-electron chi connectivity index (χ0n) is 18.3. The second-order valence-corrected chi connectivity index (χ2v) is 8.03. The minimum atomic E-state index is -0.386. The Hall–Kier alpha value is -1.90. The highest BCUT2D eigenvalue weighted by molar-refractivity contribution is 5.81. The molecule has 1 amide bonds. The zero-order chi connectivity index (χ0) is 21.1. The van der Waals surface area contributed by atoms with E-state index in [9.17, 15) is 9.18 Å². The number of nitrogens with one attached hydrogen (secondary N) is 1. The Balaban J connectivity index is 2.74. The van der Waals surface area contributed by atoms with Crippen molar-refractivity contribution >= 4 is 5.91 Å². The van der Waals surface area contributed by atoms with E-state index in [1.807, 2.05) is 52.0 Å². The highest BCUT2D eigenvalue weighted by Gasteiger charge is 2.22. The van der Waals surface area contributed by atoms with E-state index in [1.54, 1.807) is 6.08 Å². The van der Waals surface area contributed by atoms with Gasteiger partial charge in [0.15, 0.2) is 0 Å². The third-order valence-electron chi connectivity index (χ3n) is 5.81. The maximum atomic E-state index is 14.8. The molecule has 1 unspecified atom stereocenters. The van der Waals surface area contributed by atoms with E-state index in [0.29, 0.717) is 11.5 Å². The number of carbonyl (C=O) groups excluding carboxylic acids is 1. The van der Waals surface area contributed by atoms with Gasteiger partial charge < -0.3 is 5.32 Å². The number of halogens is 1. The average molecular weight is 388 g/mol. The van der Waals surface area contributed by atoms with Gasteiger partial charge in [0.2, 0.25) is 5.91 Å². The first-order chi connectivity index (χ1) is 13.3. The summed E-state index contributed by atoms with van der Waals surface area (Å²) in [6, 6.07) is 0.